The van der Waals surface area contributed by atoms with Gasteiger partial charge in [-0.1, -0.05) is 0 Å². The van der Waals surface area contributed by atoms with Gasteiger partial charge in [-0.15, -0.1) is 0 Å². The van der Waals surface area contributed by atoms with Crippen molar-refractivity contribution in [2.24, 2.45) is 0 Å². The molecule has 12 heavy (non-hydrogen) atoms. The second-order valence-corrected chi connectivity index (χ2v) is 3.29. The summed E-state index contributed by atoms with van der Waals surface area (Å²) < 4.78 is 0. The summed E-state index contributed by atoms with van der Waals surface area (Å²) in [6.45, 7) is 1.58. The van der Waals surface area contributed by atoms with E-state index in [1.807, 2.05) is 11.9 Å². The maximum atomic E-state index is 11.5. The van der Waals surface area contributed by atoms with Crippen LogP contribution >= 0.6 is 0 Å². The standard InChI is InChI=1S/C8H16N2O2/c1-9-4-3-5-10(2)8(12)7(9)6-11/h7,11H,3-6H2,1-2H3. The van der Waals surface area contributed by atoms with Gasteiger partial charge >= 0.3 is 0 Å². The van der Waals surface area contributed by atoms with E-state index < -0.39 is 0 Å². The summed E-state index contributed by atoms with van der Waals surface area (Å²) in [5.41, 5.74) is 0. The Morgan fingerprint density at radius 3 is 2.75 bits per heavy atom. The smallest absolute Gasteiger partial charge is 0.242 e. The van der Waals surface area contributed by atoms with Crippen molar-refractivity contribution in [3.05, 3.63) is 0 Å². The zero-order valence-corrected chi connectivity index (χ0v) is 7.66. The van der Waals surface area contributed by atoms with Crippen molar-refractivity contribution in [2.45, 2.75) is 12.5 Å². The molecule has 0 bridgehead atoms. The number of aliphatic hydroxyl groups excluding tert-OH is 1. The Kier molecular flexibility index (Phi) is 3.05. The second kappa shape index (κ2) is 3.87. The van der Waals surface area contributed by atoms with Gasteiger partial charge in [-0.05, 0) is 13.5 Å². The van der Waals surface area contributed by atoms with E-state index in [-0.39, 0.29) is 18.6 Å². The van der Waals surface area contributed by atoms with Crippen LogP contribution in [-0.4, -0.2) is 60.6 Å². The molecule has 1 aliphatic heterocycles. The first kappa shape index (κ1) is 9.48. The van der Waals surface area contributed by atoms with Crippen molar-refractivity contribution in [3.8, 4) is 0 Å². The average molecular weight is 172 g/mol. The molecule has 1 aliphatic rings. The van der Waals surface area contributed by atoms with E-state index in [1.165, 1.54) is 0 Å². The van der Waals surface area contributed by atoms with E-state index in [0.29, 0.717) is 0 Å². The highest BCUT2D eigenvalue weighted by atomic mass is 16.3. The van der Waals surface area contributed by atoms with Gasteiger partial charge in [0.1, 0.15) is 6.04 Å². The van der Waals surface area contributed by atoms with Crippen molar-refractivity contribution in [2.75, 3.05) is 33.8 Å². The molecule has 70 valence electrons. The molecule has 0 aromatic rings. The fourth-order valence-corrected chi connectivity index (χ4v) is 1.48. The molecule has 0 aliphatic carbocycles. The van der Waals surface area contributed by atoms with E-state index in [0.717, 1.165) is 19.5 Å². The lowest BCUT2D eigenvalue weighted by atomic mass is 10.2. The molecule has 1 N–H and O–H groups in total. The molecule has 4 nitrogen and oxygen atoms in total. The number of hydrogen-bond acceptors (Lipinski definition) is 3. The highest BCUT2D eigenvalue weighted by Gasteiger charge is 2.27. The molecule has 1 atom stereocenters. The van der Waals surface area contributed by atoms with Crippen LogP contribution < -0.4 is 0 Å². The molecule has 4 heteroatoms. The number of aliphatic hydroxyl groups is 1. The van der Waals surface area contributed by atoms with Gasteiger partial charge in [0.05, 0.1) is 6.61 Å². The van der Waals surface area contributed by atoms with Crippen LogP contribution in [0.2, 0.25) is 0 Å². The Bertz CT molecular complexity index is 172. The molecule has 0 aromatic carbocycles. The lowest BCUT2D eigenvalue weighted by Crippen LogP contribution is -2.45. The predicted octanol–water partition coefficient (Wildman–Crippen LogP) is -0.859. The molecule has 1 fully saturated rings. The Morgan fingerprint density at radius 1 is 1.50 bits per heavy atom. The number of nitrogens with zero attached hydrogens (tertiary/aromatic N) is 2. The molecule has 1 heterocycles. The third-order valence-electron chi connectivity index (χ3n) is 2.37. The van der Waals surface area contributed by atoms with Gasteiger partial charge in [0, 0.05) is 20.1 Å². The highest BCUT2D eigenvalue weighted by molar-refractivity contribution is 5.82. The molecule has 0 radical (unpaired) electrons. The monoisotopic (exact) mass is 172 g/mol. The zero-order valence-electron chi connectivity index (χ0n) is 7.66. The van der Waals surface area contributed by atoms with Crippen LogP contribution in [0.4, 0.5) is 0 Å². The minimum absolute atomic E-state index is 0.0255. The lowest BCUT2D eigenvalue weighted by Gasteiger charge is -2.23. The van der Waals surface area contributed by atoms with Gasteiger partial charge in [-0.25, -0.2) is 0 Å². The topological polar surface area (TPSA) is 43.8 Å². The van der Waals surface area contributed by atoms with Gasteiger partial charge in [-0.3, -0.25) is 9.69 Å². The summed E-state index contributed by atoms with van der Waals surface area (Å²) in [6, 6.07) is -0.336. The largest absolute Gasteiger partial charge is 0.394 e. The minimum atomic E-state index is -0.336. The lowest BCUT2D eigenvalue weighted by molar-refractivity contribution is -0.134. The van der Waals surface area contributed by atoms with Gasteiger partial charge in [0.15, 0.2) is 0 Å². The van der Waals surface area contributed by atoms with Crippen molar-refractivity contribution in [1.29, 1.82) is 0 Å². The highest BCUT2D eigenvalue weighted by Crippen LogP contribution is 2.07. The van der Waals surface area contributed by atoms with E-state index in [1.54, 1.807) is 11.9 Å². The first-order valence-electron chi connectivity index (χ1n) is 4.23. The number of amides is 1. The molecular weight excluding hydrogens is 156 g/mol. The molecule has 0 aromatic heterocycles. The average Bonchev–Trinajstić information content (AvgIpc) is 2.14. The molecule has 0 spiro atoms. The summed E-state index contributed by atoms with van der Waals surface area (Å²) >= 11 is 0. The molecule has 0 saturated carbocycles. The fourth-order valence-electron chi connectivity index (χ4n) is 1.48. The van der Waals surface area contributed by atoms with Crippen molar-refractivity contribution < 1.29 is 9.90 Å². The summed E-state index contributed by atoms with van der Waals surface area (Å²) in [5.74, 6) is 0.0255. The van der Waals surface area contributed by atoms with Crippen LogP contribution in [0.15, 0.2) is 0 Å². The Hall–Kier alpha value is -0.610. The van der Waals surface area contributed by atoms with Crippen molar-refractivity contribution in [1.82, 2.24) is 9.80 Å². The van der Waals surface area contributed by atoms with E-state index in [2.05, 4.69) is 0 Å². The Labute approximate surface area is 72.8 Å². The summed E-state index contributed by atoms with van der Waals surface area (Å²) in [5, 5.41) is 8.99. The minimum Gasteiger partial charge on any atom is -0.394 e. The molecule has 1 amide bonds. The number of carbonyl (C=O) groups is 1. The van der Waals surface area contributed by atoms with Crippen LogP contribution in [0.5, 0.6) is 0 Å². The SMILES string of the molecule is CN1CCCN(C)C(CO)C1=O. The van der Waals surface area contributed by atoms with Crippen molar-refractivity contribution >= 4 is 5.91 Å². The Balaban J connectivity index is 2.70. The predicted molar refractivity (Wildman–Crippen MR) is 45.8 cm³/mol. The second-order valence-electron chi connectivity index (χ2n) is 3.29. The first-order valence-corrected chi connectivity index (χ1v) is 4.23. The van der Waals surface area contributed by atoms with Crippen molar-refractivity contribution in [3.63, 3.8) is 0 Å². The quantitative estimate of drug-likeness (QED) is 0.560. The summed E-state index contributed by atoms with van der Waals surface area (Å²) in [4.78, 5) is 15.1. The number of carbonyl (C=O) groups excluding carboxylic acids is 1. The first-order chi connectivity index (χ1) is 5.66. The van der Waals surface area contributed by atoms with E-state index in [9.17, 15) is 4.79 Å². The fraction of sp³-hybridized carbons (Fsp3) is 0.875. The normalized spacial score (nSPS) is 27.4. The van der Waals surface area contributed by atoms with Gasteiger partial charge in [-0.2, -0.15) is 0 Å². The maximum Gasteiger partial charge on any atom is 0.242 e. The zero-order chi connectivity index (χ0) is 9.14. The maximum absolute atomic E-state index is 11.5. The molecule has 1 saturated heterocycles. The van der Waals surface area contributed by atoms with Gasteiger partial charge in [0.2, 0.25) is 5.91 Å². The number of hydrogen-bond donors (Lipinski definition) is 1. The third-order valence-corrected chi connectivity index (χ3v) is 2.37. The van der Waals surface area contributed by atoms with Crippen LogP contribution in [-0.2, 0) is 4.79 Å². The van der Waals surface area contributed by atoms with Gasteiger partial charge < -0.3 is 10.0 Å². The van der Waals surface area contributed by atoms with Crippen LogP contribution in [0.1, 0.15) is 6.42 Å². The van der Waals surface area contributed by atoms with E-state index >= 15 is 0 Å². The van der Waals surface area contributed by atoms with Crippen LogP contribution in [0, 0.1) is 0 Å². The molecule has 1 unspecified atom stereocenters. The number of rotatable bonds is 1. The molecular formula is C8H16N2O2. The van der Waals surface area contributed by atoms with Gasteiger partial charge in [0.25, 0.3) is 0 Å². The van der Waals surface area contributed by atoms with E-state index in [4.69, 9.17) is 5.11 Å². The third kappa shape index (κ3) is 1.76. The van der Waals surface area contributed by atoms with Crippen LogP contribution in [0.25, 0.3) is 0 Å². The summed E-state index contributed by atoms with van der Waals surface area (Å²) in [7, 11) is 3.65. The molecule has 1 rings (SSSR count). The number of likely N-dealkylation sites (N-methyl/N-ethyl adjacent to an activating group) is 2. The Morgan fingerprint density at radius 2 is 2.17 bits per heavy atom. The summed E-state index contributed by atoms with van der Waals surface area (Å²) in [6.07, 6.45) is 0.981. The van der Waals surface area contributed by atoms with Crippen LogP contribution in [0.3, 0.4) is 0 Å².